The highest BCUT2D eigenvalue weighted by atomic mass is 35.5. The zero-order chi connectivity index (χ0) is 23.8. The third-order valence-corrected chi connectivity index (χ3v) is 6.15. The number of halogens is 2. The highest BCUT2D eigenvalue weighted by molar-refractivity contribution is 6.36. The summed E-state index contributed by atoms with van der Waals surface area (Å²) in [5.41, 5.74) is 3.74. The summed E-state index contributed by atoms with van der Waals surface area (Å²) in [4.78, 5) is 27.7. The molecule has 174 valence electrons. The van der Waals surface area contributed by atoms with E-state index in [1.54, 1.807) is 18.2 Å². The molecule has 0 aromatic heterocycles. The molecule has 0 aliphatic carbocycles. The molecule has 1 atom stereocenters. The van der Waals surface area contributed by atoms with Gasteiger partial charge < -0.3 is 15.0 Å². The largest absolute Gasteiger partial charge is 0.483 e. The number of hydrogen-bond acceptors (Lipinski definition) is 3. The maximum absolute atomic E-state index is 13.3. The Morgan fingerprint density at radius 1 is 1.09 bits per heavy atom. The van der Waals surface area contributed by atoms with Crippen molar-refractivity contribution < 1.29 is 14.3 Å². The standard InChI is InChI=1S/C25H32Cl2N2O3/c1-6-11-28-25(31)22(7-2)29(14-19-20(26)9-8-10-21(19)27)24(30)15-32-23-13-16(3)12-17(4)18(23)5/h8-10,12-13,22H,6-7,11,14-15H2,1-5H3,(H,28,31)/t22-/m1/s1. The van der Waals surface area contributed by atoms with Crippen molar-refractivity contribution in [2.75, 3.05) is 13.2 Å². The molecule has 1 N–H and O–H groups in total. The Morgan fingerprint density at radius 3 is 2.34 bits per heavy atom. The minimum atomic E-state index is -0.662. The van der Waals surface area contributed by atoms with E-state index in [9.17, 15) is 9.59 Å². The minimum absolute atomic E-state index is 0.116. The number of amides is 2. The van der Waals surface area contributed by atoms with Crippen LogP contribution in [0.2, 0.25) is 10.0 Å². The van der Waals surface area contributed by atoms with Crippen LogP contribution in [0.15, 0.2) is 30.3 Å². The van der Waals surface area contributed by atoms with Crippen LogP contribution < -0.4 is 10.1 Å². The SMILES string of the molecule is CCCNC(=O)[C@@H](CC)N(Cc1c(Cl)cccc1Cl)C(=O)COc1cc(C)cc(C)c1C. The first-order valence-electron chi connectivity index (χ1n) is 10.9. The van der Waals surface area contributed by atoms with Gasteiger partial charge in [0.1, 0.15) is 11.8 Å². The summed E-state index contributed by atoms with van der Waals surface area (Å²) in [7, 11) is 0. The van der Waals surface area contributed by atoms with Crippen molar-refractivity contribution in [2.45, 2.75) is 60.0 Å². The van der Waals surface area contributed by atoms with Gasteiger partial charge in [-0.2, -0.15) is 0 Å². The molecule has 0 aliphatic heterocycles. The van der Waals surface area contributed by atoms with Gasteiger partial charge in [0.15, 0.2) is 6.61 Å². The summed E-state index contributed by atoms with van der Waals surface area (Å²) in [6, 6.07) is 8.51. The van der Waals surface area contributed by atoms with Crippen LogP contribution >= 0.6 is 23.2 Å². The lowest BCUT2D eigenvalue weighted by Gasteiger charge is -2.31. The topological polar surface area (TPSA) is 58.6 Å². The molecule has 0 heterocycles. The van der Waals surface area contributed by atoms with Crippen molar-refractivity contribution in [3.63, 3.8) is 0 Å². The van der Waals surface area contributed by atoms with E-state index >= 15 is 0 Å². The third kappa shape index (κ3) is 6.63. The highest BCUT2D eigenvalue weighted by Crippen LogP contribution is 2.28. The Morgan fingerprint density at radius 2 is 1.75 bits per heavy atom. The van der Waals surface area contributed by atoms with Gasteiger partial charge in [-0.05, 0) is 68.5 Å². The van der Waals surface area contributed by atoms with E-state index in [0.29, 0.717) is 34.3 Å². The number of nitrogens with one attached hydrogen (secondary N) is 1. The average molecular weight is 479 g/mol. The number of carbonyl (C=O) groups is 2. The Hall–Kier alpha value is -2.24. The van der Waals surface area contributed by atoms with Gasteiger partial charge in [0, 0.05) is 28.7 Å². The number of ether oxygens (including phenoxy) is 1. The number of benzene rings is 2. The van der Waals surface area contributed by atoms with Gasteiger partial charge in [-0.15, -0.1) is 0 Å². The Bertz CT molecular complexity index is 942. The average Bonchev–Trinajstić information content (AvgIpc) is 2.75. The Labute approximate surface area is 201 Å². The van der Waals surface area contributed by atoms with Gasteiger partial charge in [-0.1, -0.05) is 49.2 Å². The van der Waals surface area contributed by atoms with Crippen molar-refractivity contribution in [2.24, 2.45) is 0 Å². The lowest BCUT2D eigenvalue weighted by molar-refractivity contribution is -0.143. The first-order valence-corrected chi connectivity index (χ1v) is 11.7. The Kier molecular flexibility index (Phi) is 9.85. The van der Waals surface area contributed by atoms with Crippen LogP contribution in [-0.2, 0) is 16.1 Å². The predicted octanol–water partition coefficient (Wildman–Crippen LogP) is 5.63. The van der Waals surface area contributed by atoms with Gasteiger partial charge in [-0.25, -0.2) is 0 Å². The van der Waals surface area contributed by atoms with E-state index in [4.69, 9.17) is 27.9 Å². The van der Waals surface area contributed by atoms with Crippen LogP contribution in [0, 0.1) is 20.8 Å². The van der Waals surface area contributed by atoms with Crippen LogP contribution in [0.5, 0.6) is 5.75 Å². The van der Waals surface area contributed by atoms with Gasteiger partial charge in [0.25, 0.3) is 5.91 Å². The van der Waals surface area contributed by atoms with E-state index in [2.05, 4.69) is 11.4 Å². The van der Waals surface area contributed by atoms with Crippen molar-refractivity contribution in [1.82, 2.24) is 10.2 Å². The molecule has 0 spiro atoms. The zero-order valence-corrected chi connectivity index (χ0v) is 20.9. The quantitative estimate of drug-likeness (QED) is 0.481. The number of aryl methyl sites for hydroxylation is 2. The molecule has 2 rings (SSSR count). The summed E-state index contributed by atoms with van der Waals surface area (Å²) in [6.07, 6.45) is 1.26. The van der Waals surface area contributed by atoms with Gasteiger partial charge >= 0.3 is 0 Å². The Balaban J connectivity index is 2.32. The normalized spacial score (nSPS) is 11.7. The fourth-order valence-electron chi connectivity index (χ4n) is 3.51. The van der Waals surface area contributed by atoms with E-state index in [1.165, 1.54) is 4.90 Å². The number of hydrogen-bond donors (Lipinski definition) is 1. The molecular formula is C25H32Cl2N2O3. The van der Waals surface area contributed by atoms with E-state index < -0.39 is 6.04 Å². The summed E-state index contributed by atoms with van der Waals surface area (Å²) in [6.45, 7) is 10.3. The van der Waals surface area contributed by atoms with Crippen LogP contribution in [-0.4, -0.2) is 35.9 Å². The van der Waals surface area contributed by atoms with Gasteiger partial charge in [0.2, 0.25) is 5.91 Å². The van der Waals surface area contributed by atoms with Gasteiger partial charge in [0.05, 0.1) is 0 Å². The fourth-order valence-corrected chi connectivity index (χ4v) is 4.03. The van der Waals surface area contributed by atoms with Crippen molar-refractivity contribution >= 4 is 35.0 Å². The maximum Gasteiger partial charge on any atom is 0.261 e. The van der Waals surface area contributed by atoms with Crippen molar-refractivity contribution in [3.05, 3.63) is 62.6 Å². The molecule has 0 bridgehead atoms. The first-order chi connectivity index (χ1) is 15.2. The highest BCUT2D eigenvalue weighted by Gasteiger charge is 2.30. The minimum Gasteiger partial charge on any atom is -0.483 e. The smallest absolute Gasteiger partial charge is 0.261 e. The van der Waals surface area contributed by atoms with E-state index in [1.807, 2.05) is 40.7 Å². The zero-order valence-electron chi connectivity index (χ0n) is 19.4. The molecule has 7 heteroatoms. The lowest BCUT2D eigenvalue weighted by atomic mass is 10.1. The van der Waals surface area contributed by atoms with Crippen LogP contribution in [0.4, 0.5) is 0 Å². The van der Waals surface area contributed by atoms with Crippen molar-refractivity contribution in [1.29, 1.82) is 0 Å². The molecule has 0 radical (unpaired) electrons. The molecule has 32 heavy (non-hydrogen) atoms. The van der Waals surface area contributed by atoms with E-state index in [0.717, 1.165) is 23.1 Å². The van der Waals surface area contributed by atoms with Crippen molar-refractivity contribution in [3.8, 4) is 5.75 Å². The summed E-state index contributed by atoms with van der Waals surface area (Å²) in [5.74, 6) is 0.154. The van der Waals surface area contributed by atoms with E-state index in [-0.39, 0.29) is 25.0 Å². The van der Waals surface area contributed by atoms with Crippen LogP contribution in [0.3, 0.4) is 0 Å². The number of nitrogens with zero attached hydrogens (tertiary/aromatic N) is 1. The molecule has 0 unspecified atom stereocenters. The molecule has 2 amide bonds. The second-order valence-corrected chi connectivity index (χ2v) is 8.74. The predicted molar refractivity (Wildman–Crippen MR) is 131 cm³/mol. The fraction of sp³-hybridized carbons (Fsp3) is 0.440. The molecule has 0 saturated heterocycles. The summed E-state index contributed by atoms with van der Waals surface area (Å²) >= 11 is 12.7. The lowest BCUT2D eigenvalue weighted by Crippen LogP contribution is -2.50. The summed E-state index contributed by atoms with van der Waals surface area (Å²) < 4.78 is 5.91. The molecule has 0 saturated carbocycles. The third-order valence-electron chi connectivity index (χ3n) is 5.44. The number of carbonyl (C=O) groups excluding carboxylic acids is 2. The maximum atomic E-state index is 13.3. The molecule has 0 fully saturated rings. The molecule has 2 aromatic carbocycles. The number of rotatable bonds is 10. The van der Waals surface area contributed by atoms with Crippen LogP contribution in [0.25, 0.3) is 0 Å². The first kappa shape index (κ1) is 26.0. The molecule has 0 aliphatic rings. The van der Waals surface area contributed by atoms with Crippen LogP contribution in [0.1, 0.15) is 48.9 Å². The molecule has 5 nitrogen and oxygen atoms in total. The summed E-state index contributed by atoms with van der Waals surface area (Å²) in [5, 5.41) is 3.79. The second kappa shape index (κ2) is 12.1. The second-order valence-electron chi connectivity index (χ2n) is 7.93. The molecule has 2 aromatic rings. The van der Waals surface area contributed by atoms with Gasteiger partial charge in [-0.3, -0.25) is 9.59 Å². The monoisotopic (exact) mass is 478 g/mol. The molecular weight excluding hydrogens is 447 g/mol.